The molecule has 1 saturated heterocycles. The highest BCUT2D eigenvalue weighted by Gasteiger charge is 2.25. The summed E-state index contributed by atoms with van der Waals surface area (Å²) in [6.45, 7) is 1.08. The molecular weight excluding hydrogens is 326 g/mol. The fourth-order valence-electron chi connectivity index (χ4n) is 2.27. The Bertz CT molecular complexity index is 714. The molecule has 1 aromatic carbocycles. The molecule has 132 valence electrons. The molecule has 1 fully saturated rings. The van der Waals surface area contributed by atoms with Crippen LogP contribution in [0.4, 0.5) is 5.69 Å². The Morgan fingerprint density at radius 2 is 2.00 bits per heavy atom. The highest BCUT2D eigenvalue weighted by atomic mass is 16.4. The average Bonchev–Trinajstić information content (AvgIpc) is 2.60. The third kappa shape index (κ3) is 4.87. The molecule has 0 radical (unpaired) electrons. The number of piperazine rings is 1. The lowest BCUT2D eigenvalue weighted by atomic mass is 10.1. The van der Waals surface area contributed by atoms with E-state index in [1.54, 1.807) is 36.2 Å². The number of benzene rings is 1. The summed E-state index contributed by atoms with van der Waals surface area (Å²) >= 11 is 0. The second kappa shape index (κ2) is 8.04. The van der Waals surface area contributed by atoms with Crippen LogP contribution in [0.5, 0.6) is 0 Å². The molecule has 0 aliphatic carbocycles. The van der Waals surface area contributed by atoms with Gasteiger partial charge in [0.25, 0.3) is 5.91 Å². The third-order valence-electron chi connectivity index (χ3n) is 3.76. The van der Waals surface area contributed by atoms with Crippen LogP contribution >= 0.6 is 0 Å². The average molecular weight is 345 g/mol. The lowest BCUT2D eigenvalue weighted by Gasteiger charge is -2.32. The Morgan fingerprint density at radius 1 is 1.32 bits per heavy atom. The fraction of sp³-hybridized carbons (Fsp3) is 0.312. The molecule has 3 N–H and O–H groups in total. The van der Waals surface area contributed by atoms with Crippen molar-refractivity contribution in [1.29, 1.82) is 5.53 Å². The molecule has 2 amide bonds. The van der Waals surface area contributed by atoms with Gasteiger partial charge >= 0.3 is 5.97 Å². The van der Waals surface area contributed by atoms with E-state index in [1.807, 2.05) is 0 Å². The van der Waals surface area contributed by atoms with Gasteiger partial charge in [-0.25, -0.2) is 5.53 Å². The first kappa shape index (κ1) is 18.1. The van der Waals surface area contributed by atoms with Crippen LogP contribution in [0.25, 0.3) is 0 Å². The zero-order chi connectivity index (χ0) is 18.4. The maximum atomic E-state index is 12.4. The van der Waals surface area contributed by atoms with Gasteiger partial charge in [-0.15, -0.1) is 0 Å². The quantitative estimate of drug-likeness (QED) is 0.671. The first-order chi connectivity index (χ1) is 11.9. The Hall–Kier alpha value is -3.23. The van der Waals surface area contributed by atoms with Gasteiger partial charge < -0.3 is 20.2 Å². The van der Waals surface area contributed by atoms with E-state index in [0.29, 0.717) is 24.3 Å². The van der Waals surface area contributed by atoms with Gasteiger partial charge in [-0.3, -0.25) is 14.4 Å². The smallest absolute Gasteiger partial charge is 0.309 e. The number of hydrogen-bond donors (Lipinski definition) is 3. The Kier molecular flexibility index (Phi) is 5.83. The van der Waals surface area contributed by atoms with Gasteiger partial charge in [0.2, 0.25) is 5.91 Å². The molecule has 1 aliphatic heterocycles. The van der Waals surface area contributed by atoms with Crippen molar-refractivity contribution in [1.82, 2.24) is 9.80 Å². The summed E-state index contributed by atoms with van der Waals surface area (Å²) in [6.07, 6.45) is 0.974. The van der Waals surface area contributed by atoms with E-state index in [-0.39, 0.29) is 30.5 Å². The highest BCUT2D eigenvalue weighted by molar-refractivity contribution is 5.97. The minimum atomic E-state index is -1.08. The molecule has 1 aromatic rings. The summed E-state index contributed by atoms with van der Waals surface area (Å²) in [5.74, 6) is -1.38. The topological polar surface area (TPSA) is 126 Å². The number of aliphatic carboxylic acids is 1. The highest BCUT2D eigenvalue weighted by Crippen LogP contribution is 2.14. The summed E-state index contributed by atoms with van der Waals surface area (Å²) < 4.78 is 0. The summed E-state index contributed by atoms with van der Waals surface area (Å²) in [6, 6.07) is 6.56. The standard InChI is InChI=1S/C16H19N5O4/c1-20-6-7-21(10-14(20)22)16(25)11-2-4-12(5-3-11)18-9-13(19-17)8-15(23)24/h2-5,9,17-18H,6-8,10H2,1H3,(H,23,24)/b13-9-,19-17?. The van der Waals surface area contributed by atoms with Crippen LogP contribution in [0.1, 0.15) is 16.8 Å². The van der Waals surface area contributed by atoms with E-state index in [9.17, 15) is 14.4 Å². The molecule has 1 aliphatic rings. The van der Waals surface area contributed by atoms with E-state index >= 15 is 0 Å². The van der Waals surface area contributed by atoms with Gasteiger partial charge in [0, 0.05) is 37.6 Å². The molecule has 0 aromatic heterocycles. The molecule has 0 atom stereocenters. The number of hydrogen-bond acceptors (Lipinski definition) is 6. The largest absolute Gasteiger partial charge is 0.481 e. The van der Waals surface area contributed by atoms with Gasteiger partial charge in [-0.1, -0.05) is 0 Å². The van der Waals surface area contributed by atoms with Crippen LogP contribution in [0.15, 0.2) is 41.3 Å². The number of nitrogens with zero attached hydrogens (tertiary/aromatic N) is 3. The third-order valence-corrected chi connectivity index (χ3v) is 3.76. The zero-order valence-corrected chi connectivity index (χ0v) is 13.7. The molecule has 9 heteroatoms. The second-order valence-corrected chi connectivity index (χ2v) is 5.58. The summed E-state index contributed by atoms with van der Waals surface area (Å²) in [7, 11) is 1.71. The predicted molar refractivity (Wildman–Crippen MR) is 89.1 cm³/mol. The maximum absolute atomic E-state index is 12.4. The zero-order valence-electron chi connectivity index (χ0n) is 13.7. The minimum Gasteiger partial charge on any atom is -0.481 e. The van der Waals surface area contributed by atoms with Crippen molar-refractivity contribution in [2.24, 2.45) is 5.11 Å². The Morgan fingerprint density at radius 3 is 2.56 bits per heavy atom. The summed E-state index contributed by atoms with van der Waals surface area (Å²) in [5, 5.41) is 14.7. The van der Waals surface area contributed by atoms with Crippen LogP contribution in [-0.4, -0.2) is 59.4 Å². The van der Waals surface area contributed by atoms with Crippen molar-refractivity contribution in [2.45, 2.75) is 6.42 Å². The van der Waals surface area contributed by atoms with Crippen LogP contribution in [0.2, 0.25) is 0 Å². The van der Waals surface area contributed by atoms with Crippen molar-refractivity contribution in [2.75, 3.05) is 32.0 Å². The van der Waals surface area contributed by atoms with E-state index in [1.165, 1.54) is 11.1 Å². The molecule has 9 nitrogen and oxygen atoms in total. The van der Waals surface area contributed by atoms with Gasteiger partial charge in [-0.2, -0.15) is 5.11 Å². The summed E-state index contributed by atoms with van der Waals surface area (Å²) in [5.41, 5.74) is 8.08. The molecule has 0 saturated carbocycles. The first-order valence-corrected chi connectivity index (χ1v) is 7.59. The maximum Gasteiger partial charge on any atom is 0.309 e. The fourth-order valence-corrected chi connectivity index (χ4v) is 2.27. The molecule has 0 bridgehead atoms. The minimum absolute atomic E-state index is 0.0711. The lowest BCUT2D eigenvalue weighted by molar-refractivity contribution is -0.136. The van der Waals surface area contributed by atoms with Crippen LogP contribution in [-0.2, 0) is 9.59 Å². The van der Waals surface area contributed by atoms with Crippen LogP contribution in [0.3, 0.4) is 0 Å². The number of rotatable bonds is 6. The number of carboxylic acid groups (broad SMARTS) is 1. The molecule has 0 unspecified atom stereocenters. The number of carboxylic acids is 1. The van der Waals surface area contributed by atoms with Crippen molar-refractivity contribution in [3.05, 3.63) is 41.7 Å². The molecular formula is C16H19N5O4. The van der Waals surface area contributed by atoms with Crippen LogP contribution in [0, 0.1) is 5.53 Å². The van der Waals surface area contributed by atoms with Crippen LogP contribution < -0.4 is 5.32 Å². The molecule has 1 heterocycles. The Labute approximate surface area is 144 Å². The van der Waals surface area contributed by atoms with Crippen molar-refractivity contribution in [3.63, 3.8) is 0 Å². The molecule has 0 spiro atoms. The second-order valence-electron chi connectivity index (χ2n) is 5.58. The van der Waals surface area contributed by atoms with Crippen molar-refractivity contribution in [3.8, 4) is 0 Å². The number of nitrogens with one attached hydrogen (secondary N) is 2. The SMILES string of the molecule is CN1CCN(C(=O)c2ccc(N/C=C(/CC(=O)O)N=N)cc2)CC1=O. The van der Waals surface area contributed by atoms with E-state index < -0.39 is 5.97 Å². The number of likely N-dealkylation sites (N-methyl/N-ethyl adjacent to an activating group) is 1. The van der Waals surface area contributed by atoms with Gasteiger partial charge in [-0.05, 0) is 24.3 Å². The van der Waals surface area contributed by atoms with Crippen molar-refractivity contribution < 1.29 is 19.5 Å². The summed E-state index contributed by atoms with van der Waals surface area (Å²) in [4.78, 5) is 37.8. The van der Waals surface area contributed by atoms with Gasteiger partial charge in [0.1, 0.15) is 6.54 Å². The van der Waals surface area contributed by atoms with E-state index in [2.05, 4.69) is 10.4 Å². The Balaban J connectivity index is 2.00. The van der Waals surface area contributed by atoms with Crippen molar-refractivity contribution >= 4 is 23.5 Å². The number of carbonyl (C=O) groups is 3. The first-order valence-electron chi connectivity index (χ1n) is 7.59. The van der Waals surface area contributed by atoms with E-state index in [4.69, 9.17) is 10.6 Å². The normalized spacial score (nSPS) is 15.1. The predicted octanol–water partition coefficient (Wildman–Crippen LogP) is 1.36. The monoisotopic (exact) mass is 345 g/mol. The molecule has 25 heavy (non-hydrogen) atoms. The van der Waals surface area contributed by atoms with Gasteiger partial charge in [0.05, 0.1) is 12.1 Å². The number of anilines is 1. The lowest BCUT2D eigenvalue weighted by Crippen LogP contribution is -2.50. The number of amides is 2. The van der Waals surface area contributed by atoms with Gasteiger partial charge in [0.15, 0.2) is 0 Å². The number of carbonyl (C=O) groups excluding carboxylic acids is 2. The molecule has 2 rings (SSSR count). The van der Waals surface area contributed by atoms with E-state index in [0.717, 1.165) is 0 Å².